The summed E-state index contributed by atoms with van der Waals surface area (Å²) in [7, 11) is 0. The fraction of sp³-hybridized carbons (Fsp3) is 0.375. The van der Waals surface area contributed by atoms with Crippen LogP contribution in [0.25, 0.3) is 10.8 Å². The molecule has 0 aromatic heterocycles. The molecule has 1 saturated heterocycles. The van der Waals surface area contributed by atoms with Gasteiger partial charge in [-0.1, -0.05) is 58.4 Å². The van der Waals surface area contributed by atoms with Gasteiger partial charge in [0.25, 0.3) is 0 Å². The molecule has 0 spiro atoms. The van der Waals surface area contributed by atoms with Gasteiger partial charge >= 0.3 is 0 Å². The molecule has 2 aromatic rings. The number of benzene rings is 2. The van der Waals surface area contributed by atoms with Gasteiger partial charge in [0.2, 0.25) is 0 Å². The van der Waals surface area contributed by atoms with Gasteiger partial charge in [-0.2, -0.15) is 0 Å². The van der Waals surface area contributed by atoms with Crippen molar-refractivity contribution >= 4 is 26.7 Å². The first-order chi connectivity index (χ1) is 9.36. The van der Waals surface area contributed by atoms with E-state index in [-0.39, 0.29) is 0 Å². The Morgan fingerprint density at radius 3 is 2.89 bits per heavy atom. The number of halogens is 1. The van der Waals surface area contributed by atoms with Crippen molar-refractivity contribution in [3.63, 3.8) is 0 Å². The van der Waals surface area contributed by atoms with Crippen LogP contribution >= 0.6 is 15.9 Å². The average molecular weight is 320 g/mol. The SMILES string of the molecule is BrCC1CN(Cc2cccc3ccccc23)CCO1. The number of hydrogen-bond donors (Lipinski definition) is 0. The van der Waals surface area contributed by atoms with Crippen molar-refractivity contribution in [1.29, 1.82) is 0 Å². The van der Waals surface area contributed by atoms with Gasteiger partial charge < -0.3 is 4.74 Å². The second-order valence-electron chi connectivity index (χ2n) is 5.02. The zero-order chi connectivity index (χ0) is 13.1. The Hall–Kier alpha value is -0.900. The number of morpholine rings is 1. The van der Waals surface area contributed by atoms with E-state index in [4.69, 9.17) is 4.74 Å². The molecule has 100 valence electrons. The molecule has 1 unspecified atom stereocenters. The van der Waals surface area contributed by atoms with Crippen LogP contribution < -0.4 is 0 Å². The molecule has 1 aliphatic rings. The number of fused-ring (bicyclic) bond motifs is 1. The molecular weight excluding hydrogens is 302 g/mol. The van der Waals surface area contributed by atoms with Gasteiger partial charge in [-0.25, -0.2) is 0 Å². The molecule has 1 fully saturated rings. The van der Waals surface area contributed by atoms with E-state index in [0.29, 0.717) is 6.10 Å². The monoisotopic (exact) mass is 319 g/mol. The van der Waals surface area contributed by atoms with Crippen molar-refractivity contribution in [2.45, 2.75) is 12.6 Å². The third-order valence-electron chi connectivity index (χ3n) is 3.67. The van der Waals surface area contributed by atoms with Crippen molar-refractivity contribution in [3.05, 3.63) is 48.0 Å². The Balaban J connectivity index is 1.81. The summed E-state index contributed by atoms with van der Waals surface area (Å²) in [5.41, 5.74) is 1.41. The van der Waals surface area contributed by atoms with Crippen LogP contribution in [-0.2, 0) is 11.3 Å². The largest absolute Gasteiger partial charge is 0.375 e. The lowest BCUT2D eigenvalue weighted by atomic mass is 10.0. The molecule has 0 radical (unpaired) electrons. The van der Waals surface area contributed by atoms with Gasteiger partial charge in [-0.15, -0.1) is 0 Å². The van der Waals surface area contributed by atoms with E-state index in [9.17, 15) is 0 Å². The molecule has 0 saturated carbocycles. The maximum Gasteiger partial charge on any atom is 0.0799 e. The maximum atomic E-state index is 5.69. The minimum absolute atomic E-state index is 0.323. The molecule has 0 bridgehead atoms. The van der Waals surface area contributed by atoms with E-state index in [1.165, 1.54) is 16.3 Å². The van der Waals surface area contributed by atoms with Gasteiger partial charge in [0.05, 0.1) is 12.7 Å². The summed E-state index contributed by atoms with van der Waals surface area (Å²) < 4.78 is 5.69. The van der Waals surface area contributed by atoms with E-state index >= 15 is 0 Å². The lowest BCUT2D eigenvalue weighted by molar-refractivity contribution is -0.0180. The highest BCUT2D eigenvalue weighted by molar-refractivity contribution is 9.09. The predicted octanol–water partition coefficient (Wildman–Crippen LogP) is 3.44. The number of rotatable bonds is 3. The van der Waals surface area contributed by atoms with Crippen LogP contribution in [-0.4, -0.2) is 36.0 Å². The molecular formula is C16H18BrNO. The first kappa shape index (κ1) is 13.1. The maximum absolute atomic E-state index is 5.69. The normalized spacial score (nSPS) is 20.8. The second-order valence-corrected chi connectivity index (χ2v) is 5.67. The minimum atomic E-state index is 0.323. The average Bonchev–Trinajstić information content (AvgIpc) is 2.48. The summed E-state index contributed by atoms with van der Waals surface area (Å²) in [5, 5.41) is 3.61. The molecule has 2 nitrogen and oxygen atoms in total. The lowest BCUT2D eigenvalue weighted by Gasteiger charge is -2.32. The Morgan fingerprint density at radius 2 is 2.00 bits per heavy atom. The molecule has 3 heteroatoms. The minimum Gasteiger partial charge on any atom is -0.375 e. The quantitative estimate of drug-likeness (QED) is 0.804. The standard InChI is InChI=1S/C16H18BrNO/c17-10-15-12-18(8-9-19-15)11-14-6-3-5-13-4-1-2-7-16(13)14/h1-7,15H,8-12H2. The third kappa shape index (κ3) is 2.99. The van der Waals surface area contributed by atoms with Crippen molar-refractivity contribution in [2.24, 2.45) is 0 Å². The van der Waals surface area contributed by atoms with E-state index in [1.54, 1.807) is 0 Å². The topological polar surface area (TPSA) is 12.5 Å². The molecule has 3 rings (SSSR count). The van der Waals surface area contributed by atoms with Crippen LogP contribution in [0, 0.1) is 0 Å². The van der Waals surface area contributed by atoms with Crippen LogP contribution in [0.1, 0.15) is 5.56 Å². The van der Waals surface area contributed by atoms with Crippen molar-refractivity contribution in [3.8, 4) is 0 Å². The molecule has 19 heavy (non-hydrogen) atoms. The second kappa shape index (κ2) is 6.04. The van der Waals surface area contributed by atoms with Crippen LogP contribution in [0.5, 0.6) is 0 Å². The van der Waals surface area contributed by atoms with Gasteiger partial charge in [0.1, 0.15) is 0 Å². The van der Waals surface area contributed by atoms with E-state index < -0.39 is 0 Å². The first-order valence-electron chi connectivity index (χ1n) is 6.73. The molecule has 1 atom stereocenters. The van der Waals surface area contributed by atoms with Crippen molar-refractivity contribution in [2.75, 3.05) is 25.0 Å². The summed E-state index contributed by atoms with van der Waals surface area (Å²) in [4.78, 5) is 2.48. The summed E-state index contributed by atoms with van der Waals surface area (Å²) in [5.74, 6) is 0. The number of alkyl halides is 1. The van der Waals surface area contributed by atoms with Crippen molar-refractivity contribution in [1.82, 2.24) is 4.90 Å². The van der Waals surface area contributed by atoms with Gasteiger partial charge in [-0.05, 0) is 16.3 Å². The highest BCUT2D eigenvalue weighted by atomic mass is 79.9. The number of ether oxygens (including phenoxy) is 1. The lowest BCUT2D eigenvalue weighted by Crippen LogP contribution is -2.42. The first-order valence-corrected chi connectivity index (χ1v) is 7.85. The smallest absolute Gasteiger partial charge is 0.0799 e. The summed E-state index contributed by atoms with van der Waals surface area (Å²) in [6.45, 7) is 3.87. The van der Waals surface area contributed by atoms with E-state index in [0.717, 1.165) is 31.6 Å². The highest BCUT2D eigenvalue weighted by Crippen LogP contribution is 2.21. The molecule has 1 aliphatic heterocycles. The Labute approximate surface area is 122 Å². The highest BCUT2D eigenvalue weighted by Gasteiger charge is 2.19. The zero-order valence-corrected chi connectivity index (χ0v) is 12.5. The van der Waals surface area contributed by atoms with E-state index in [1.807, 2.05) is 0 Å². The fourth-order valence-electron chi connectivity index (χ4n) is 2.69. The Bertz CT molecular complexity index is 552. The summed E-state index contributed by atoms with van der Waals surface area (Å²) in [6.07, 6.45) is 0.323. The van der Waals surface area contributed by atoms with Crippen LogP contribution in [0.2, 0.25) is 0 Å². The molecule has 0 aliphatic carbocycles. The van der Waals surface area contributed by atoms with Crippen LogP contribution in [0.4, 0.5) is 0 Å². The Morgan fingerprint density at radius 1 is 1.16 bits per heavy atom. The van der Waals surface area contributed by atoms with Crippen LogP contribution in [0.3, 0.4) is 0 Å². The summed E-state index contributed by atoms with van der Waals surface area (Å²) in [6, 6.07) is 15.2. The summed E-state index contributed by atoms with van der Waals surface area (Å²) >= 11 is 3.51. The fourth-order valence-corrected chi connectivity index (χ4v) is 3.08. The zero-order valence-electron chi connectivity index (χ0n) is 10.9. The Kier molecular flexibility index (Phi) is 4.16. The molecule has 0 amide bonds. The van der Waals surface area contributed by atoms with Gasteiger partial charge in [-0.3, -0.25) is 4.90 Å². The molecule has 0 N–H and O–H groups in total. The number of nitrogens with zero attached hydrogens (tertiary/aromatic N) is 1. The van der Waals surface area contributed by atoms with Gasteiger partial charge in [0, 0.05) is 25.0 Å². The predicted molar refractivity (Wildman–Crippen MR) is 82.8 cm³/mol. The van der Waals surface area contributed by atoms with Crippen molar-refractivity contribution < 1.29 is 4.74 Å². The number of hydrogen-bond acceptors (Lipinski definition) is 2. The molecule has 2 aromatic carbocycles. The third-order valence-corrected chi connectivity index (χ3v) is 4.39. The molecule has 1 heterocycles. The van der Waals surface area contributed by atoms with E-state index in [2.05, 4.69) is 63.3 Å². The van der Waals surface area contributed by atoms with Gasteiger partial charge in [0.15, 0.2) is 0 Å². The van der Waals surface area contributed by atoms with Crippen LogP contribution in [0.15, 0.2) is 42.5 Å².